The van der Waals surface area contributed by atoms with Crippen LogP contribution >= 0.6 is 11.3 Å². The number of anilines is 1. The number of thiophene rings is 1. The molecule has 0 aliphatic carbocycles. The number of fused-ring (bicyclic) bond motifs is 1. The third kappa shape index (κ3) is 2.70. The van der Waals surface area contributed by atoms with Crippen LogP contribution in [0.5, 0.6) is 0 Å². The van der Waals surface area contributed by atoms with Gasteiger partial charge in [-0.1, -0.05) is 24.3 Å². The van der Waals surface area contributed by atoms with Crippen LogP contribution < -0.4 is 5.32 Å². The van der Waals surface area contributed by atoms with E-state index in [0.29, 0.717) is 4.88 Å². The van der Waals surface area contributed by atoms with Gasteiger partial charge in [0.1, 0.15) is 5.82 Å². The fourth-order valence-corrected chi connectivity index (χ4v) is 3.38. The Kier molecular flexibility index (Phi) is 3.63. The van der Waals surface area contributed by atoms with Gasteiger partial charge in [-0.2, -0.15) is 0 Å². The number of carbonyl (C=O) groups is 1. The van der Waals surface area contributed by atoms with Crippen LogP contribution in [0.3, 0.4) is 0 Å². The molecule has 0 bridgehead atoms. The van der Waals surface area contributed by atoms with Gasteiger partial charge in [-0.3, -0.25) is 4.79 Å². The molecule has 0 spiro atoms. The second-order valence-electron chi connectivity index (χ2n) is 5.51. The van der Waals surface area contributed by atoms with E-state index in [1.54, 1.807) is 0 Å². The van der Waals surface area contributed by atoms with Crippen LogP contribution in [0.15, 0.2) is 60.7 Å². The van der Waals surface area contributed by atoms with E-state index in [4.69, 9.17) is 0 Å². The van der Waals surface area contributed by atoms with E-state index in [1.165, 1.54) is 11.3 Å². The number of aromatic amines is 1. The van der Waals surface area contributed by atoms with E-state index >= 15 is 0 Å². The van der Waals surface area contributed by atoms with Crippen molar-refractivity contribution in [3.63, 3.8) is 0 Å². The lowest BCUT2D eigenvalue weighted by Crippen LogP contribution is -2.11. The highest BCUT2D eigenvalue weighted by Crippen LogP contribution is 2.28. The lowest BCUT2D eigenvalue weighted by Gasteiger charge is -2.08. The maximum Gasteiger partial charge on any atom is 0.265 e. The molecule has 0 saturated carbocycles. The van der Waals surface area contributed by atoms with Crippen LogP contribution in [0.25, 0.3) is 22.4 Å². The van der Waals surface area contributed by atoms with Crippen LogP contribution in [0.4, 0.5) is 5.69 Å². The van der Waals surface area contributed by atoms with Crippen molar-refractivity contribution < 1.29 is 4.79 Å². The number of rotatable bonds is 3. The zero-order chi connectivity index (χ0) is 16.5. The topological polar surface area (TPSA) is 57.8 Å². The summed E-state index contributed by atoms with van der Waals surface area (Å²) in [4.78, 5) is 22.2. The molecule has 2 N–H and O–H groups in total. The number of imidazole rings is 1. The number of hydrogen-bond donors (Lipinski definition) is 2. The van der Waals surface area contributed by atoms with Crippen LogP contribution in [-0.4, -0.2) is 15.9 Å². The minimum Gasteiger partial charge on any atom is -0.338 e. The second kappa shape index (κ2) is 5.94. The number of hydrogen-bond acceptors (Lipinski definition) is 3. The highest BCUT2D eigenvalue weighted by molar-refractivity contribution is 7.14. The monoisotopic (exact) mass is 333 g/mol. The van der Waals surface area contributed by atoms with Crippen molar-refractivity contribution in [2.75, 3.05) is 5.32 Å². The van der Waals surface area contributed by atoms with Crippen LogP contribution in [-0.2, 0) is 0 Å². The smallest absolute Gasteiger partial charge is 0.265 e. The Morgan fingerprint density at radius 1 is 1.04 bits per heavy atom. The molecule has 4 aromatic rings. The molecule has 2 aromatic heterocycles. The van der Waals surface area contributed by atoms with Gasteiger partial charge in [-0.05, 0) is 43.3 Å². The maximum absolute atomic E-state index is 12.5. The second-order valence-corrected chi connectivity index (χ2v) is 6.80. The van der Waals surface area contributed by atoms with Gasteiger partial charge >= 0.3 is 0 Å². The Bertz CT molecular complexity index is 999. The Morgan fingerprint density at radius 3 is 2.62 bits per heavy atom. The molecule has 24 heavy (non-hydrogen) atoms. The molecule has 0 saturated heterocycles. The summed E-state index contributed by atoms with van der Waals surface area (Å²) in [6, 6.07) is 19.4. The predicted molar refractivity (Wildman–Crippen MR) is 98.5 cm³/mol. The predicted octanol–water partition coefficient (Wildman–Crippen LogP) is 4.85. The third-order valence-electron chi connectivity index (χ3n) is 3.78. The molecule has 5 heteroatoms. The van der Waals surface area contributed by atoms with Crippen LogP contribution in [0.2, 0.25) is 0 Å². The van der Waals surface area contributed by atoms with E-state index in [-0.39, 0.29) is 5.91 Å². The Labute approximate surface area is 143 Å². The highest BCUT2D eigenvalue weighted by atomic mass is 32.1. The average molecular weight is 333 g/mol. The molecule has 118 valence electrons. The number of benzene rings is 2. The standard InChI is InChI=1S/C19H15N3OS/c1-12-10-11-17(24-12)19(23)22-14-7-3-2-6-13(14)18-20-15-8-4-5-9-16(15)21-18/h2-11H,1H3,(H,20,21)(H,22,23). The molecule has 4 rings (SSSR count). The zero-order valence-electron chi connectivity index (χ0n) is 13.0. The van der Waals surface area contributed by atoms with Crippen molar-refractivity contribution >= 4 is 34.0 Å². The largest absolute Gasteiger partial charge is 0.338 e. The maximum atomic E-state index is 12.5. The number of amides is 1. The van der Waals surface area contributed by atoms with Crippen molar-refractivity contribution in [1.82, 2.24) is 9.97 Å². The van der Waals surface area contributed by atoms with Crippen LogP contribution in [0, 0.1) is 6.92 Å². The average Bonchev–Trinajstić information content (AvgIpc) is 3.21. The molecule has 4 nitrogen and oxygen atoms in total. The summed E-state index contributed by atoms with van der Waals surface area (Å²) in [7, 11) is 0. The van der Waals surface area contributed by atoms with Gasteiger partial charge in [0.25, 0.3) is 5.91 Å². The van der Waals surface area contributed by atoms with Crippen LogP contribution in [0.1, 0.15) is 14.5 Å². The van der Waals surface area contributed by atoms with Crippen molar-refractivity contribution in [2.45, 2.75) is 6.92 Å². The van der Waals surface area contributed by atoms with Crippen molar-refractivity contribution in [3.8, 4) is 11.4 Å². The quantitative estimate of drug-likeness (QED) is 0.563. The minimum absolute atomic E-state index is 0.100. The molecular formula is C19H15N3OS. The van der Waals surface area contributed by atoms with Gasteiger partial charge in [0.2, 0.25) is 0 Å². The third-order valence-corrected chi connectivity index (χ3v) is 4.78. The zero-order valence-corrected chi connectivity index (χ0v) is 13.9. The van der Waals surface area contributed by atoms with Crippen molar-refractivity contribution in [2.24, 2.45) is 0 Å². The SMILES string of the molecule is Cc1ccc(C(=O)Nc2ccccc2-c2nc3ccccc3[nH]2)s1. The van der Waals surface area contributed by atoms with Gasteiger partial charge in [-0.15, -0.1) is 11.3 Å². The molecular weight excluding hydrogens is 318 g/mol. The fourth-order valence-electron chi connectivity index (χ4n) is 2.62. The van der Waals surface area contributed by atoms with E-state index in [1.807, 2.05) is 67.6 Å². The number of nitrogens with zero attached hydrogens (tertiary/aromatic N) is 1. The molecule has 0 radical (unpaired) electrons. The first-order valence-electron chi connectivity index (χ1n) is 7.62. The number of carbonyl (C=O) groups excluding carboxylic acids is 1. The molecule has 0 aliphatic heterocycles. The summed E-state index contributed by atoms with van der Waals surface area (Å²) in [5, 5.41) is 2.99. The summed E-state index contributed by atoms with van der Waals surface area (Å²) in [5.74, 6) is 0.645. The first kappa shape index (κ1) is 14.7. The van der Waals surface area contributed by atoms with Gasteiger partial charge < -0.3 is 10.3 Å². The Morgan fingerprint density at radius 2 is 1.83 bits per heavy atom. The number of nitrogens with one attached hydrogen (secondary N) is 2. The van der Waals surface area contributed by atoms with Gasteiger partial charge in [-0.25, -0.2) is 4.98 Å². The first-order valence-corrected chi connectivity index (χ1v) is 8.44. The van der Waals surface area contributed by atoms with Gasteiger partial charge in [0.15, 0.2) is 0 Å². The molecule has 0 aliphatic rings. The number of H-pyrrole nitrogens is 1. The fraction of sp³-hybridized carbons (Fsp3) is 0.0526. The summed E-state index contributed by atoms with van der Waals surface area (Å²) in [5.41, 5.74) is 3.49. The van der Waals surface area contributed by atoms with Crippen molar-refractivity contribution in [3.05, 3.63) is 70.4 Å². The summed E-state index contributed by atoms with van der Waals surface area (Å²) < 4.78 is 0. The molecule has 1 amide bonds. The van der Waals surface area contributed by atoms with Crippen molar-refractivity contribution in [1.29, 1.82) is 0 Å². The number of aryl methyl sites for hydroxylation is 1. The number of para-hydroxylation sites is 3. The van der Waals surface area contributed by atoms with E-state index in [9.17, 15) is 4.79 Å². The first-order chi connectivity index (χ1) is 11.7. The Balaban J connectivity index is 1.71. The van der Waals surface area contributed by atoms with Gasteiger partial charge in [0.05, 0.1) is 21.6 Å². The lowest BCUT2D eigenvalue weighted by atomic mass is 10.1. The molecule has 0 fully saturated rings. The summed E-state index contributed by atoms with van der Waals surface area (Å²) in [6.07, 6.45) is 0. The molecule has 2 aromatic carbocycles. The normalized spacial score (nSPS) is 10.9. The minimum atomic E-state index is -0.100. The molecule has 0 atom stereocenters. The molecule has 0 unspecified atom stereocenters. The highest BCUT2D eigenvalue weighted by Gasteiger charge is 2.13. The van der Waals surface area contributed by atoms with Gasteiger partial charge in [0, 0.05) is 10.4 Å². The van der Waals surface area contributed by atoms with E-state index in [2.05, 4.69) is 15.3 Å². The Hall–Kier alpha value is -2.92. The molecule has 2 heterocycles. The lowest BCUT2D eigenvalue weighted by molar-refractivity contribution is 0.103. The van der Waals surface area contributed by atoms with E-state index in [0.717, 1.165) is 33.0 Å². The summed E-state index contributed by atoms with van der Waals surface area (Å²) >= 11 is 1.49. The summed E-state index contributed by atoms with van der Waals surface area (Å²) in [6.45, 7) is 1.99. The van der Waals surface area contributed by atoms with E-state index < -0.39 is 0 Å². The number of aromatic nitrogens is 2.